The highest BCUT2D eigenvalue weighted by atomic mass is 19.2. The SMILES string of the molecule is Cc1cc(CNc2cc(F)cc(F)c2F)cc(C)c1O. The van der Waals surface area contributed by atoms with Crippen LogP contribution in [-0.2, 0) is 6.54 Å². The van der Waals surface area contributed by atoms with Gasteiger partial charge >= 0.3 is 0 Å². The minimum atomic E-state index is -1.23. The van der Waals surface area contributed by atoms with Gasteiger partial charge in [-0.25, -0.2) is 13.2 Å². The van der Waals surface area contributed by atoms with Crippen LogP contribution in [0.5, 0.6) is 5.75 Å². The van der Waals surface area contributed by atoms with Gasteiger partial charge in [0.05, 0.1) is 5.69 Å². The Bertz CT molecular complexity index is 633. The molecule has 0 heterocycles. The fourth-order valence-corrected chi connectivity index (χ4v) is 2.03. The molecule has 0 aliphatic heterocycles. The largest absolute Gasteiger partial charge is 0.507 e. The molecule has 2 aromatic carbocycles. The molecule has 2 rings (SSSR count). The number of hydrogen-bond donors (Lipinski definition) is 2. The quantitative estimate of drug-likeness (QED) is 0.832. The lowest BCUT2D eigenvalue weighted by Gasteiger charge is -2.11. The van der Waals surface area contributed by atoms with E-state index < -0.39 is 17.5 Å². The van der Waals surface area contributed by atoms with E-state index in [9.17, 15) is 18.3 Å². The van der Waals surface area contributed by atoms with Crippen LogP contribution in [0, 0.1) is 31.3 Å². The van der Waals surface area contributed by atoms with Gasteiger partial charge in [-0.15, -0.1) is 0 Å². The van der Waals surface area contributed by atoms with E-state index in [1.54, 1.807) is 26.0 Å². The van der Waals surface area contributed by atoms with Crippen molar-refractivity contribution in [3.05, 3.63) is 58.4 Å². The predicted octanol–water partition coefficient (Wildman–Crippen LogP) is 4.04. The number of aromatic hydroxyl groups is 1. The Balaban J connectivity index is 2.21. The summed E-state index contributed by atoms with van der Waals surface area (Å²) in [5.41, 5.74) is 1.92. The van der Waals surface area contributed by atoms with Crippen LogP contribution in [0.3, 0.4) is 0 Å². The van der Waals surface area contributed by atoms with Gasteiger partial charge in [-0.3, -0.25) is 0 Å². The Kier molecular flexibility index (Phi) is 3.88. The summed E-state index contributed by atoms with van der Waals surface area (Å²) in [7, 11) is 0. The molecule has 0 saturated carbocycles. The Labute approximate surface area is 114 Å². The molecule has 5 heteroatoms. The van der Waals surface area contributed by atoms with Crippen molar-refractivity contribution in [3.8, 4) is 5.75 Å². The number of nitrogens with one attached hydrogen (secondary N) is 1. The van der Waals surface area contributed by atoms with Crippen molar-refractivity contribution in [2.75, 3.05) is 5.32 Å². The molecule has 0 radical (unpaired) electrons. The highest BCUT2D eigenvalue weighted by molar-refractivity contribution is 5.48. The highest BCUT2D eigenvalue weighted by Gasteiger charge is 2.11. The first-order valence-corrected chi connectivity index (χ1v) is 6.06. The lowest BCUT2D eigenvalue weighted by molar-refractivity contribution is 0.466. The molecule has 20 heavy (non-hydrogen) atoms. The third-order valence-corrected chi connectivity index (χ3v) is 3.03. The van der Waals surface area contributed by atoms with E-state index in [1.165, 1.54) is 0 Å². The minimum absolute atomic E-state index is 0.196. The van der Waals surface area contributed by atoms with E-state index in [1.807, 2.05) is 0 Å². The van der Waals surface area contributed by atoms with Crippen LogP contribution in [0.15, 0.2) is 24.3 Å². The maximum Gasteiger partial charge on any atom is 0.182 e. The maximum absolute atomic E-state index is 13.5. The summed E-state index contributed by atoms with van der Waals surface area (Å²) >= 11 is 0. The van der Waals surface area contributed by atoms with Crippen molar-refractivity contribution in [1.29, 1.82) is 0 Å². The standard InChI is InChI=1S/C15H14F3NO/c1-8-3-10(4-9(2)15(8)20)7-19-13-6-11(16)5-12(17)14(13)18/h3-6,19-20H,7H2,1-2H3. The second-order valence-electron chi connectivity index (χ2n) is 4.68. The van der Waals surface area contributed by atoms with Crippen molar-refractivity contribution in [2.24, 2.45) is 0 Å². The number of phenols is 1. The highest BCUT2D eigenvalue weighted by Crippen LogP contribution is 2.24. The summed E-state index contributed by atoms with van der Waals surface area (Å²) in [4.78, 5) is 0. The molecular formula is C15H14F3NO. The first kappa shape index (κ1) is 14.2. The molecule has 2 N–H and O–H groups in total. The van der Waals surface area contributed by atoms with Crippen LogP contribution in [0.25, 0.3) is 0 Å². The van der Waals surface area contributed by atoms with Crippen LogP contribution < -0.4 is 5.32 Å². The molecule has 0 amide bonds. The Morgan fingerprint density at radius 1 is 1.00 bits per heavy atom. The van der Waals surface area contributed by atoms with Crippen molar-refractivity contribution >= 4 is 5.69 Å². The Morgan fingerprint density at radius 2 is 1.60 bits per heavy atom. The number of aryl methyl sites for hydroxylation is 2. The van der Waals surface area contributed by atoms with Crippen LogP contribution in [0.2, 0.25) is 0 Å². The third kappa shape index (κ3) is 2.87. The predicted molar refractivity (Wildman–Crippen MR) is 71.2 cm³/mol. The molecule has 0 saturated heterocycles. The van der Waals surface area contributed by atoms with Gasteiger partial charge in [-0.1, -0.05) is 12.1 Å². The number of phenolic OH excluding ortho intramolecular Hbond substituents is 1. The number of hydrogen-bond acceptors (Lipinski definition) is 2. The summed E-state index contributed by atoms with van der Waals surface area (Å²) < 4.78 is 39.6. The average molecular weight is 281 g/mol. The first-order chi connectivity index (χ1) is 9.38. The maximum atomic E-state index is 13.5. The number of rotatable bonds is 3. The molecule has 0 unspecified atom stereocenters. The van der Waals surface area contributed by atoms with Gasteiger partial charge < -0.3 is 10.4 Å². The van der Waals surface area contributed by atoms with Crippen molar-refractivity contribution in [1.82, 2.24) is 0 Å². The van der Waals surface area contributed by atoms with Gasteiger partial charge in [-0.05, 0) is 30.5 Å². The van der Waals surface area contributed by atoms with Crippen LogP contribution in [0.4, 0.5) is 18.9 Å². The fraction of sp³-hybridized carbons (Fsp3) is 0.200. The number of benzene rings is 2. The second kappa shape index (κ2) is 5.45. The Morgan fingerprint density at radius 3 is 2.20 bits per heavy atom. The van der Waals surface area contributed by atoms with E-state index in [2.05, 4.69) is 5.32 Å². The Hall–Kier alpha value is -2.17. The summed E-state index contributed by atoms with van der Waals surface area (Å²) in [6.45, 7) is 3.68. The van der Waals surface area contributed by atoms with Crippen LogP contribution in [-0.4, -0.2) is 5.11 Å². The van der Waals surface area contributed by atoms with E-state index in [4.69, 9.17) is 0 Å². The molecule has 2 aromatic rings. The van der Waals surface area contributed by atoms with Crippen LogP contribution >= 0.6 is 0 Å². The van der Waals surface area contributed by atoms with E-state index >= 15 is 0 Å². The summed E-state index contributed by atoms with van der Waals surface area (Å²) in [6.07, 6.45) is 0. The summed E-state index contributed by atoms with van der Waals surface area (Å²) in [5.74, 6) is -2.98. The molecule has 0 spiro atoms. The van der Waals surface area contributed by atoms with Gasteiger partial charge in [-0.2, -0.15) is 0 Å². The lowest BCUT2D eigenvalue weighted by Crippen LogP contribution is -2.04. The molecule has 0 atom stereocenters. The van der Waals surface area contributed by atoms with Gasteiger partial charge in [0.2, 0.25) is 0 Å². The van der Waals surface area contributed by atoms with Gasteiger partial charge in [0.1, 0.15) is 11.6 Å². The summed E-state index contributed by atoms with van der Waals surface area (Å²) in [6, 6.07) is 4.85. The molecule has 106 valence electrons. The number of anilines is 1. The molecule has 2 nitrogen and oxygen atoms in total. The second-order valence-corrected chi connectivity index (χ2v) is 4.68. The molecular weight excluding hydrogens is 267 g/mol. The zero-order chi connectivity index (χ0) is 14.9. The summed E-state index contributed by atoms with van der Waals surface area (Å²) in [5, 5.41) is 12.3. The zero-order valence-corrected chi connectivity index (χ0v) is 11.1. The topological polar surface area (TPSA) is 32.3 Å². The van der Waals surface area contributed by atoms with Crippen molar-refractivity contribution in [2.45, 2.75) is 20.4 Å². The zero-order valence-electron chi connectivity index (χ0n) is 11.1. The monoisotopic (exact) mass is 281 g/mol. The molecule has 0 bridgehead atoms. The minimum Gasteiger partial charge on any atom is -0.507 e. The molecule has 0 aliphatic carbocycles. The first-order valence-electron chi connectivity index (χ1n) is 6.06. The van der Waals surface area contributed by atoms with Crippen LogP contribution in [0.1, 0.15) is 16.7 Å². The van der Waals surface area contributed by atoms with E-state index in [0.29, 0.717) is 17.2 Å². The normalized spacial score (nSPS) is 10.7. The van der Waals surface area contributed by atoms with Crippen molar-refractivity contribution < 1.29 is 18.3 Å². The van der Waals surface area contributed by atoms with Gasteiger partial charge in [0, 0.05) is 18.7 Å². The van der Waals surface area contributed by atoms with Gasteiger partial charge in [0.15, 0.2) is 11.6 Å². The molecule has 0 aromatic heterocycles. The third-order valence-electron chi connectivity index (χ3n) is 3.03. The van der Waals surface area contributed by atoms with Gasteiger partial charge in [0.25, 0.3) is 0 Å². The smallest absolute Gasteiger partial charge is 0.182 e. The average Bonchev–Trinajstić information content (AvgIpc) is 2.38. The van der Waals surface area contributed by atoms with E-state index in [0.717, 1.165) is 11.6 Å². The molecule has 0 aliphatic rings. The van der Waals surface area contributed by atoms with E-state index in [-0.39, 0.29) is 18.0 Å². The number of halogens is 3. The molecule has 0 fully saturated rings. The fourth-order valence-electron chi connectivity index (χ4n) is 2.03. The lowest BCUT2D eigenvalue weighted by atomic mass is 10.1. The van der Waals surface area contributed by atoms with Crippen molar-refractivity contribution in [3.63, 3.8) is 0 Å².